The fraction of sp³-hybridized carbons (Fsp3) is 0.333. The van der Waals surface area contributed by atoms with Gasteiger partial charge in [0.25, 0.3) is 0 Å². The smallest absolute Gasteiger partial charge is 0.0626 e. The van der Waals surface area contributed by atoms with Gasteiger partial charge in [-0.05, 0) is 30.8 Å². The highest BCUT2D eigenvalue weighted by Crippen LogP contribution is 2.25. The lowest BCUT2D eigenvalue weighted by Crippen LogP contribution is -2.20. The van der Waals surface area contributed by atoms with E-state index in [9.17, 15) is 0 Å². The average Bonchev–Trinajstić information content (AvgIpc) is 2.13. The maximum absolute atomic E-state index is 9.06. The van der Waals surface area contributed by atoms with Crippen molar-refractivity contribution < 1.29 is 5.11 Å². The molecule has 1 aromatic rings. The highest BCUT2D eigenvalue weighted by molar-refractivity contribution is 9.10. The van der Waals surface area contributed by atoms with Crippen LogP contribution in [0.4, 0.5) is 0 Å². The number of benzene rings is 1. The molecule has 2 nitrogen and oxygen atoms in total. The van der Waals surface area contributed by atoms with E-state index in [1.165, 1.54) is 0 Å². The second-order valence-electron chi connectivity index (χ2n) is 2.69. The first kappa shape index (κ1) is 11.0. The normalized spacial score (nSPS) is 12.9. The summed E-state index contributed by atoms with van der Waals surface area (Å²) in [5.41, 5.74) is 0.904. The van der Waals surface area contributed by atoms with E-state index in [1.807, 2.05) is 12.1 Å². The fourth-order valence-corrected chi connectivity index (χ4v) is 1.75. The molecule has 0 aliphatic heterocycles. The average molecular weight is 265 g/mol. The predicted molar refractivity (Wildman–Crippen MR) is 58.0 cm³/mol. The van der Waals surface area contributed by atoms with Gasteiger partial charge in [0, 0.05) is 9.50 Å². The quantitative estimate of drug-likeness (QED) is 0.878. The van der Waals surface area contributed by atoms with E-state index in [1.54, 1.807) is 13.1 Å². The third kappa shape index (κ3) is 2.68. The largest absolute Gasteiger partial charge is 0.394 e. The third-order valence-corrected chi connectivity index (χ3v) is 2.70. The Morgan fingerprint density at radius 3 is 2.85 bits per heavy atom. The van der Waals surface area contributed by atoms with Crippen molar-refractivity contribution in [1.29, 1.82) is 0 Å². The Labute approximate surface area is 91.0 Å². The van der Waals surface area contributed by atoms with Crippen LogP contribution in [0.1, 0.15) is 11.6 Å². The van der Waals surface area contributed by atoms with Crippen LogP contribution in [-0.4, -0.2) is 18.8 Å². The van der Waals surface area contributed by atoms with Crippen molar-refractivity contribution in [2.24, 2.45) is 0 Å². The van der Waals surface area contributed by atoms with Gasteiger partial charge in [-0.2, -0.15) is 0 Å². The summed E-state index contributed by atoms with van der Waals surface area (Å²) in [7, 11) is 1.79. The zero-order valence-electron chi connectivity index (χ0n) is 7.22. The molecule has 0 aromatic heterocycles. The van der Waals surface area contributed by atoms with E-state index < -0.39 is 0 Å². The molecule has 1 unspecified atom stereocenters. The first-order valence-corrected chi connectivity index (χ1v) is 5.09. The van der Waals surface area contributed by atoms with Crippen molar-refractivity contribution in [2.45, 2.75) is 6.04 Å². The van der Waals surface area contributed by atoms with E-state index in [0.717, 1.165) is 10.0 Å². The van der Waals surface area contributed by atoms with Crippen LogP contribution in [0.5, 0.6) is 0 Å². The number of aliphatic hydroxyl groups is 1. The number of nitrogens with one attached hydrogen (secondary N) is 1. The van der Waals surface area contributed by atoms with Crippen molar-refractivity contribution in [3.63, 3.8) is 0 Å². The fourth-order valence-electron chi connectivity index (χ4n) is 1.13. The van der Waals surface area contributed by atoms with Crippen LogP contribution >= 0.6 is 27.5 Å². The van der Waals surface area contributed by atoms with Crippen LogP contribution in [0.2, 0.25) is 5.02 Å². The molecule has 0 fully saturated rings. The second kappa shape index (κ2) is 4.96. The van der Waals surface area contributed by atoms with Crippen molar-refractivity contribution in [2.75, 3.05) is 13.7 Å². The molecule has 0 aliphatic carbocycles. The van der Waals surface area contributed by atoms with Gasteiger partial charge in [0.15, 0.2) is 0 Å². The number of likely N-dealkylation sites (N-methyl/N-ethyl adjacent to an activating group) is 1. The monoisotopic (exact) mass is 263 g/mol. The molecule has 13 heavy (non-hydrogen) atoms. The van der Waals surface area contributed by atoms with Gasteiger partial charge in [-0.3, -0.25) is 0 Å². The summed E-state index contributed by atoms with van der Waals surface area (Å²) in [4.78, 5) is 0. The summed E-state index contributed by atoms with van der Waals surface area (Å²) in [6, 6.07) is 5.47. The molecule has 72 valence electrons. The van der Waals surface area contributed by atoms with Crippen molar-refractivity contribution in [1.82, 2.24) is 5.32 Å². The van der Waals surface area contributed by atoms with Gasteiger partial charge in [-0.1, -0.05) is 27.5 Å². The molecule has 1 rings (SSSR count). The molecular formula is C9H11BrClNO. The minimum atomic E-state index is -0.106. The highest BCUT2D eigenvalue weighted by Gasteiger charge is 2.11. The van der Waals surface area contributed by atoms with E-state index >= 15 is 0 Å². The van der Waals surface area contributed by atoms with Gasteiger partial charge in [0.1, 0.15) is 0 Å². The summed E-state index contributed by atoms with van der Waals surface area (Å²) in [6.45, 7) is 0.0344. The predicted octanol–water partition coefficient (Wildman–Crippen LogP) is 2.36. The lowest BCUT2D eigenvalue weighted by atomic mass is 10.1. The second-order valence-corrected chi connectivity index (χ2v) is 4.01. The van der Waals surface area contributed by atoms with Crippen LogP contribution in [-0.2, 0) is 0 Å². The molecule has 2 N–H and O–H groups in total. The zero-order chi connectivity index (χ0) is 9.84. The lowest BCUT2D eigenvalue weighted by molar-refractivity contribution is 0.251. The molecule has 1 aromatic carbocycles. The third-order valence-electron chi connectivity index (χ3n) is 1.86. The minimum Gasteiger partial charge on any atom is -0.394 e. The SMILES string of the molecule is CNC(CO)c1cc(Br)ccc1Cl. The Morgan fingerprint density at radius 1 is 1.62 bits per heavy atom. The van der Waals surface area contributed by atoms with Gasteiger partial charge >= 0.3 is 0 Å². The van der Waals surface area contributed by atoms with E-state index in [-0.39, 0.29) is 12.6 Å². The summed E-state index contributed by atoms with van der Waals surface area (Å²) in [6.07, 6.45) is 0. The molecule has 0 aliphatic rings. The minimum absolute atomic E-state index is 0.0344. The van der Waals surface area contributed by atoms with Gasteiger partial charge in [0.2, 0.25) is 0 Å². The first-order valence-electron chi connectivity index (χ1n) is 3.92. The number of hydrogen-bond donors (Lipinski definition) is 2. The number of aliphatic hydroxyl groups excluding tert-OH is 1. The molecule has 0 spiro atoms. The Kier molecular flexibility index (Phi) is 4.19. The van der Waals surface area contributed by atoms with Gasteiger partial charge in [0.05, 0.1) is 12.6 Å². The summed E-state index contributed by atoms with van der Waals surface area (Å²) >= 11 is 9.33. The number of hydrogen-bond acceptors (Lipinski definition) is 2. The number of rotatable bonds is 3. The Morgan fingerprint density at radius 2 is 2.31 bits per heavy atom. The standard InChI is InChI=1S/C9H11BrClNO/c1-12-9(5-13)7-4-6(10)2-3-8(7)11/h2-4,9,12-13H,5H2,1H3. The molecule has 4 heteroatoms. The van der Waals surface area contributed by atoms with Crippen LogP contribution in [0.25, 0.3) is 0 Å². The molecule has 0 radical (unpaired) electrons. The van der Waals surface area contributed by atoms with Crippen LogP contribution in [0, 0.1) is 0 Å². The Balaban J connectivity index is 3.03. The van der Waals surface area contributed by atoms with Crippen molar-refractivity contribution in [3.05, 3.63) is 33.3 Å². The van der Waals surface area contributed by atoms with Crippen LogP contribution < -0.4 is 5.32 Å². The number of halogens is 2. The summed E-state index contributed by atoms with van der Waals surface area (Å²) in [5, 5.41) is 12.7. The maximum Gasteiger partial charge on any atom is 0.0626 e. The zero-order valence-corrected chi connectivity index (χ0v) is 9.56. The summed E-state index contributed by atoms with van der Waals surface area (Å²) in [5.74, 6) is 0. The van der Waals surface area contributed by atoms with E-state index in [2.05, 4.69) is 21.2 Å². The molecule has 0 amide bonds. The molecule has 0 saturated heterocycles. The molecule has 0 bridgehead atoms. The highest BCUT2D eigenvalue weighted by atomic mass is 79.9. The maximum atomic E-state index is 9.06. The van der Waals surface area contributed by atoms with E-state index in [0.29, 0.717) is 5.02 Å². The van der Waals surface area contributed by atoms with Crippen molar-refractivity contribution >= 4 is 27.5 Å². The topological polar surface area (TPSA) is 32.3 Å². The van der Waals surface area contributed by atoms with Crippen LogP contribution in [0.3, 0.4) is 0 Å². The van der Waals surface area contributed by atoms with Crippen molar-refractivity contribution in [3.8, 4) is 0 Å². The Bertz CT molecular complexity index is 289. The molecule has 0 heterocycles. The van der Waals surface area contributed by atoms with Crippen LogP contribution in [0.15, 0.2) is 22.7 Å². The molecular weight excluding hydrogens is 253 g/mol. The first-order chi connectivity index (χ1) is 6.19. The Hall–Kier alpha value is -0.0900. The molecule has 1 atom stereocenters. The molecule has 0 saturated carbocycles. The van der Waals surface area contributed by atoms with Gasteiger partial charge < -0.3 is 10.4 Å². The van der Waals surface area contributed by atoms with Gasteiger partial charge in [-0.15, -0.1) is 0 Å². The van der Waals surface area contributed by atoms with E-state index in [4.69, 9.17) is 16.7 Å². The van der Waals surface area contributed by atoms with Gasteiger partial charge in [-0.25, -0.2) is 0 Å². The lowest BCUT2D eigenvalue weighted by Gasteiger charge is -2.15. The summed E-state index contributed by atoms with van der Waals surface area (Å²) < 4.78 is 0.959.